The highest BCUT2D eigenvalue weighted by atomic mass is 19.4. The summed E-state index contributed by atoms with van der Waals surface area (Å²) in [6.45, 7) is 0. The van der Waals surface area contributed by atoms with Gasteiger partial charge < -0.3 is 4.74 Å². The molecule has 0 aliphatic rings. The highest BCUT2D eigenvalue weighted by Gasteiger charge is 2.30. The first-order valence-corrected chi connectivity index (χ1v) is 2.89. The average molecular weight is 173 g/mol. The predicted molar refractivity (Wildman–Crippen MR) is 38.9 cm³/mol. The van der Waals surface area contributed by atoms with Crippen molar-refractivity contribution in [2.45, 2.75) is 6.36 Å². The molecule has 0 bridgehead atoms. The van der Waals surface area contributed by atoms with Crippen LogP contribution >= 0.6 is 0 Å². The molecule has 0 atom stereocenters. The van der Waals surface area contributed by atoms with Gasteiger partial charge in [-0.05, 0) is 12.1 Å². The van der Waals surface area contributed by atoms with Gasteiger partial charge in [0.1, 0.15) is 5.75 Å². The van der Waals surface area contributed by atoms with Crippen molar-refractivity contribution in [3.8, 4) is 5.75 Å². The molecule has 0 aliphatic heterocycles. The molecule has 0 aliphatic carbocycles. The molecule has 0 unspecified atom stereocenters. The van der Waals surface area contributed by atoms with Gasteiger partial charge in [-0.25, -0.2) is 0 Å². The lowest BCUT2D eigenvalue weighted by Gasteiger charge is -2.07. The third kappa shape index (κ3) is 3.90. The fourth-order valence-electron chi connectivity index (χ4n) is 0.622. The third-order valence-electron chi connectivity index (χ3n) is 0.977. The second-order valence-corrected chi connectivity index (χ2v) is 1.86. The third-order valence-corrected chi connectivity index (χ3v) is 0.977. The number of ether oxygens (including phenoxy) is 1. The molecule has 0 fully saturated rings. The van der Waals surface area contributed by atoms with E-state index in [9.17, 15) is 13.2 Å². The zero-order valence-electron chi connectivity index (χ0n) is 6.01. The van der Waals surface area contributed by atoms with Crippen molar-refractivity contribution in [3.63, 3.8) is 0 Å². The number of benzene rings is 1. The van der Waals surface area contributed by atoms with Crippen LogP contribution in [0.2, 0.25) is 0 Å². The Labute approximate surface area is 69.7 Å². The maximum Gasteiger partial charge on any atom is 0.573 e. The molecule has 0 saturated carbocycles. The first-order chi connectivity index (χ1) is 5.08. The molecule has 0 amide bonds. The van der Waals surface area contributed by atoms with E-state index in [1.54, 1.807) is 6.07 Å². The predicted octanol–water partition coefficient (Wildman–Crippen LogP) is 2.20. The first kappa shape index (κ1) is 10.9. The van der Waals surface area contributed by atoms with Crippen LogP contribution in [0.5, 0.6) is 5.75 Å². The van der Waals surface area contributed by atoms with Crippen molar-refractivity contribution >= 4 is 8.41 Å². The van der Waals surface area contributed by atoms with E-state index in [2.05, 4.69) is 4.74 Å². The van der Waals surface area contributed by atoms with Crippen LogP contribution in [0.1, 0.15) is 0 Å². The molecule has 1 aromatic carbocycles. The van der Waals surface area contributed by atoms with Crippen molar-refractivity contribution in [1.82, 2.24) is 0 Å². The maximum absolute atomic E-state index is 11.5. The van der Waals surface area contributed by atoms with Gasteiger partial charge in [0.2, 0.25) is 0 Å². The second-order valence-electron chi connectivity index (χ2n) is 1.86. The van der Waals surface area contributed by atoms with Gasteiger partial charge in [0.25, 0.3) is 0 Å². The van der Waals surface area contributed by atoms with Gasteiger partial charge in [0, 0.05) is 8.41 Å². The van der Waals surface area contributed by atoms with Crippen molar-refractivity contribution in [1.29, 1.82) is 0 Å². The molecule has 5 heteroatoms. The van der Waals surface area contributed by atoms with E-state index < -0.39 is 6.36 Å². The molecule has 12 heavy (non-hydrogen) atoms. The van der Waals surface area contributed by atoms with Gasteiger partial charge in [-0.2, -0.15) is 0 Å². The lowest BCUT2D eigenvalue weighted by Crippen LogP contribution is -2.16. The van der Waals surface area contributed by atoms with E-state index in [1.807, 2.05) is 0 Å². The van der Waals surface area contributed by atoms with E-state index in [1.165, 1.54) is 24.3 Å². The van der Waals surface area contributed by atoms with Gasteiger partial charge >= 0.3 is 6.36 Å². The summed E-state index contributed by atoms with van der Waals surface area (Å²) in [6.07, 6.45) is -4.60. The molecule has 0 saturated heterocycles. The number of rotatable bonds is 1. The Morgan fingerprint density at radius 3 is 1.92 bits per heavy atom. The van der Waals surface area contributed by atoms with Crippen LogP contribution in [0, 0.1) is 0 Å². The second kappa shape index (κ2) is 4.04. The monoisotopic (exact) mass is 173 g/mol. The number of para-hydroxylation sites is 1. The summed E-state index contributed by atoms with van der Waals surface area (Å²) in [5.41, 5.74) is 0. The van der Waals surface area contributed by atoms with E-state index in [0.29, 0.717) is 0 Å². The smallest absolute Gasteiger partial charge is 0.406 e. The molecule has 0 spiro atoms. The standard InChI is InChI=1S/C7H5F3O.B/c8-7(9,10)11-6-4-2-1-3-5-6;/h1-5H;. The van der Waals surface area contributed by atoms with Crippen molar-refractivity contribution in [3.05, 3.63) is 30.3 Å². The Bertz CT molecular complexity index is 222. The van der Waals surface area contributed by atoms with Crippen molar-refractivity contribution < 1.29 is 17.9 Å². The molecule has 0 aromatic heterocycles. The molecule has 1 nitrogen and oxygen atoms in total. The van der Waals surface area contributed by atoms with E-state index >= 15 is 0 Å². The fourth-order valence-corrected chi connectivity index (χ4v) is 0.622. The minimum Gasteiger partial charge on any atom is -0.406 e. The highest BCUT2D eigenvalue weighted by Crippen LogP contribution is 2.21. The first-order valence-electron chi connectivity index (χ1n) is 2.89. The fraction of sp³-hybridized carbons (Fsp3) is 0.143. The minimum atomic E-state index is -4.60. The van der Waals surface area contributed by atoms with Crippen LogP contribution < -0.4 is 4.74 Å². The van der Waals surface area contributed by atoms with Gasteiger partial charge in [-0.3, -0.25) is 0 Å². The molecule has 1 aromatic rings. The van der Waals surface area contributed by atoms with Crippen molar-refractivity contribution in [2.75, 3.05) is 0 Å². The molecular weight excluding hydrogens is 168 g/mol. The molecule has 1 rings (SSSR count). The van der Waals surface area contributed by atoms with Crippen LogP contribution in [0.25, 0.3) is 0 Å². The number of alkyl halides is 3. The summed E-state index contributed by atoms with van der Waals surface area (Å²) in [5.74, 6) is -0.194. The van der Waals surface area contributed by atoms with Crippen LogP contribution in [0.3, 0.4) is 0 Å². The Kier molecular flexibility index (Phi) is 3.66. The summed E-state index contributed by atoms with van der Waals surface area (Å²) in [5, 5.41) is 0. The Balaban J connectivity index is 0.00000121. The largest absolute Gasteiger partial charge is 0.573 e. The number of hydrogen-bond acceptors (Lipinski definition) is 1. The molecular formula is C7H5BF3O. The SMILES string of the molecule is FC(F)(F)Oc1ccccc1.[B]. The minimum absolute atomic E-state index is 0. The van der Waals surface area contributed by atoms with Crippen LogP contribution in [0.15, 0.2) is 30.3 Å². The Morgan fingerprint density at radius 1 is 1.00 bits per heavy atom. The van der Waals surface area contributed by atoms with Crippen molar-refractivity contribution in [2.24, 2.45) is 0 Å². The molecule has 0 N–H and O–H groups in total. The quantitative estimate of drug-likeness (QED) is 0.591. The zero-order chi connectivity index (χ0) is 8.32. The lowest BCUT2D eigenvalue weighted by atomic mass is 10.3. The summed E-state index contributed by atoms with van der Waals surface area (Å²) >= 11 is 0. The van der Waals surface area contributed by atoms with Crippen LogP contribution in [-0.4, -0.2) is 14.8 Å². The topological polar surface area (TPSA) is 9.23 Å². The highest BCUT2D eigenvalue weighted by molar-refractivity contribution is 5.75. The van der Waals surface area contributed by atoms with Gasteiger partial charge in [-0.15, -0.1) is 13.2 Å². The maximum atomic E-state index is 11.5. The van der Waals surface area contributed by atoms with Crippen LogP contribution in [-0.2, 0) is 0 Å². The lowest BCUT2D eigenvalue weighted by molar-refractivity contribution is -0.274. The Hall–Kier alpha value is -1.13. The summed E-state index contributed by atoms with van der Waals surface area (Å²) < 4.78 is 38.2. The average Bonchev–Trinajstić information content (AvgIpc) is 1.85. The summed E-state index contributed by atoms with van der Waals surface area (Å²) in [6, 6.07) is 7.05. The molecule has 3 radical (unpaired) electrons. The van der Waals surface area contributed by atoms with Crippen LogP contribution in [0.4, 0.5) is 13.2 Å². The normalized spacial score (nSPS) is 10.2. The molecule has 63 valence electrons. The van der Waals surface area contributed by atoms with Gasteiger partial charge in [-0.1, -0.05) is 18.2 Å². The Morgan fingerprint density at radius 2 is 1.50 bits per heavy atom. The zero-order valence-corrected chi connectivity index (χ0v) is 6.01. The van der Waals surface area contributed by atoms with Gasteiger partial charge in [0.15, 0.2) is 0 Å². The molecule has 0 heterocycles. The number of halogens is 3. The summed E-state index contributed by atoms with van der Waals surface area (Å²) in [4.78, 5) is 0. The number of hydrogen-bond donors (Lipinski definition) is 0. The van der Waals surface area contributed by atoms with E-state index in [4.69, 9.17) is 0 Å². The van der Waals surface area contributed by atoms with E-state index in [0.717, 1.165) is 0 Å². The van der Waals surface area contributed by atoms with E-state index in [-0.39, 0.29) is 14.2 Å². The van der Waals surface area contributed by atoms with Gasteiger partial charge in [0.05, 0.1) is 0 Å². The summed E-state index contributed by atoms with van der Waals surface area (Å²) in [7, 11) is 0.